The highest BCUT2D eigenvalue weighted by Crippen LogP contribution is 2.35. The van der Waals surface area contributed by atoms with Gasteiger partial charge in [0.25, 0.3) is 5.56 Å². The van der Waals surface area contributed by atoms with E-state index in [4.69, 9.17) is 30.4 Å². The van der Waals surface area contributed by atoms with Gasteiger partial charge in [0.2, 0.25) is 11.8 Å². The summed E-state index contributed by atoms with van der Waals surface area (Å²) in [7, 11) is 1.24. The van der Waals surface area contributed by atoms with Crippen LogP contribution in [-0.4, -0.2) is 183 Å². The zero-order chi connectivity index (χ0) is 48.3. The molecular weight excluding hydrogens is 866 g/mol. The number of carbonyl (C=O) groups is 5. The number of nitrogens with one attached hydrogen (secondary N) is 7. The number of aromatic nitrogens is 2. The van der Waals surface area contributed by atoms with Gasteiger partial charge in [0, 0.05) is 39.0 Å². The molecule has 2 saturated heterocycles. The molecule has 3 aliphatic rings. The Bertz CT molecular complexity index is 1950. The lowest BCUT2D eigenvalue weighted by Crippen LogP contribution is -2.61. The second-order valence-electron chi connectivity index (χ2n) is 16.6. The van der Waals surface area contributed by atoms with Crippen molar-refractivity contribution in [2.45, 2.75) is 132 Å². The molecule has 27 heteroatoms. The average molecular weight is 930 g/mol. The number of aliphatic imine (C=N–C) groups is 1. The van der Waals surface area contributed by atoms with Crippen LogP contribution in [-0.2, 0) is 38.1 Å². The summed E-state index contributed by atoms with van der Waals surface area (Å²) in [5, 5.41) is 68.8. The molecule has 0 saturated carbocycles. The van der Waals surface area contributed by atoms with Crippen molar-refractivity contribution in [2.24, 2.45) is 28.3 Å². The number of carbonyl (C=O) groups excluding carboxylic acids is 3. The first-order valence-corrected chi connectivity index (χ1v) is 21.1. The van der Waals surface area contributed by atoms with Crippen molar-refractivity contribution in [1.29, 1.82) is 0 Å². The zero-order valence-electron chi connectivity index (χ0n) is 36.6. The van der Waals surface area contributed by atoms with Gasteiger partial charge < -0.3 is 87.8 Å². The molecule has 0 unspecified atom stereocenters. The fourth-order valence-electron chi connectivity index (χ4n) is 7.61. The van der Waals surface area contributed by atoms with E-state index < -0.39 is 132 Å². The summed E-state index contributed by atoms with van der Waals surface area (Å²) in [6.45, 7) is 6.74. The van der Waals surface area contributed by atoms with Crippen molar-refractivity contribution in [1.82, 2.24) is 41.5 Å². The number of hydrogen-bond donors (Lipinski definition) is 14. The summed E-state index contributed by atoms with van der Waals surface area (Å²) in [4.78, 5) is 95.7. The number of methoxy groups -OCH3 is 1. The lowest BCUT2D eigenvalue weighted by molar-refractivity contribution is -0.231. The molecule has 1 aromatic rings. The number of aliphatic hydroxyl groups excluding tert-OH is 3. The molecule has 4 heterocycles. The minimum absolute atomic E-state index is 0.0152. The number of aromatic amines is 1. The Morgan fingerprint density at radius 1 is 0.954 bits per heavy atom. The lowest BCUT2D eigenvalue weighted by Gasteiger charge is -2.34. The Morgan fingerprint density at radius 2 is 1.65 bits per heavy atom. The summed E-state index contributed by atoms with van der Waals surface area (Å²) in [5.41, 5.74) is 9.85. The van der Waals surface area contributed by atoms with E-state index in [9.17, 15) is 59.1 Å². The fourth-order valence-corrected chi connectivity index (χ4v) is 7.61. The summed E-state index contributed by atoms with van der Waals surface area (Å²) >= 11 is 0. The molecular formula is C38H63N11O16. The average Bonchev–Trinajstić information content (AvgIpc) is 3.70. The number of H-pyrrole nitrogens is 1. The molecule has 0 aliphatic carbocycles. The number of hydrogen-bond acceptors (Lipinski definition) is 19. The predicted molar refractivity (Wildman–Crippen MR) is 225 cm³/mol. The van der Waals surface area contributed by atoms with Crippen LogP contribution >= 0.6 is 0 Å². The van der Waals surface area contributed by atoms with Crippen LogP contribution in [0.4, 0.5) is 4.79 Å². The van der Waals surface area contributed by atoms with Gasteiger partial charge in [-0.3, -0.25) is 28.7 Å². The van der Waals surface area contributed by atoms with Crippen LogP contribution in [0, 0.1) is 11.8 Å². The van der Waals surface area contributed by atoms with Crippen LogP contribution in [0.5, 0.6) is 0 Å². The SMILES string of the molecule is CO[C@H]1[C@H](O[C@H]([C@H]2O[C@@H](n3ccc(=O)[nH]c3=O)[C@H](O)[C@@H]2O)[C@H](NCCCNC(=O)[C@H](CC(C)C)NC(=O)[C@@H](NC(=O)N[C@H](C(=O)O)C(C)C)[C@@H]2CCNC(N)=N2)C(=O)O)O[C@H](CN)[C@H]1O. The third-order valence-corrected chi connectivity index (χ3v) is 11.0. The van der Waals surface area contributed by atoms with Crippen LogP contribution in [0.3, 0.4) is 0 Å². The highest BCUT2D eigenvalue weighted by atomic mass is 16.7. The summed E-state index contributed by atoms with van der Waals surface area (Å²) in [6.07, 6.45) is -12.3. The maximum atomic E-state index is 13.8. The van der Waals surface area contributed by atoms with Gasteiger partial charge in [-0.25, -0.2) is 19.4 Å². The molecule has 27 nitrogen and oxygen atoms in total. The van der Waals surface area contributed by atoms with Crippen molar-refractivity contribution >= 4 is 35.7 Å². The maximum absolute atomic E-state index is 13.8. The van der Waals surface area contributed by atoms with Crippen molar-refractivity contribution < 1.29 is 68.5 Å². The minimum Gasteiger partial charge on any atom is -0.480 e. The van der Waals surface area contributed by atoms with Crippen molar-refractivity contribution in [3.05, 3.63) is 33.1 Å². The predicted octanol–water partition coefficient (Wildman–Crippen LogP) is -5.87. The quantitative estimate of drug-likeness (QED) is 0.0455. The van der Waals surface area contributed by atoms with Gasteiger partial charge in [0.15, 0.2) is 18.5 Å². The van der Waals surface area contributed by atoms with Gasteiger partial charge in [-0.1, -0.05) is 27.7 Å². The number of aliphatic carboxylic acids is 2. The van der Waals surface area contributed by atoms with E-state index in [0.29, 0.717) is 6.54 Å². The topological polar surface area (TPSA) is 415 Å². The van der Waals surface area contributed by atoms with E-state index in [1.54, 1.807) is 13.8 Å². The molecule has 0 radical (unpaired) electrons. The fraction of sp³-hybridized carbons (Fsp3) is 0.737. The molecule has 16 N–H and O–H groups in total. The van der Waals surface area contributed by atoms with Gasteiger partial charge >= 0.3 is 23.7 Å². The van der Waals surface area contributed by atoms with Crippen molar-refractivity contribution in [3.8, 4) is 0 Å². The molecule has 4 rings (SSSR count). The number of guanidine groups is 1. The maximum Gasteiger partial charge on any atom is 0.330 e. The minimum atomic E-state index is -1.89. The Labute approximate surface area is 372 Å². The van der Waals surface area contributed by atoms with Crippen LogP contribution in [0.15, 0.2) is 26.8 Å². The van der Waals surface area contributed by atoms with Crippen LogP contribution in [0.2, 0.25) is 0 Å². The second kappa shape index (κ2) is 23.8. The van der Waals surface area contributed by atoms with Crippen LogP contribution in [0.1, 0.15) is 53.2 Å². The van der Waals surface area contributed by atoms with Crippen molar-refractivity contribution in [3.63, 3.8) is 0 Å². The summed E-state index contributed by atoms with van der Waals surface area (Å²) < 4.78 is 23.8. The third kappa shape index (κ3) is 13.6. The van der Waals surface area contributed by atoms with Gasteiger partial charge in [-0.15, -0.1) is 0 Å². The molecule has 65 heavy (non-hydrogen) atoms. The van der Waals surface area contributed by atoms with E-state index in [-0.39, 0.29) is 50.8 Å². The molecule has 1 aromatic heterocycles. The van der Waals surface area contributed by atoms with E-state index in [1.807, 2.05) is 18.8 Å². The summed E-state index contributed by atoms with van der Waals surface area (Å²) in [5.74, 6) is -4.83. The Kier molecular flexibility index (Phi) is 19.2. The largest absolute Gasteiger partial charge is 0.480 e. The molecule has 3 aliphatic heterocycles. The molecule has 4 amide bonds. The first-order valence-electron chi connectivity index (χ1n) is 21.1. The highest BCUT2D eigenvalue weighted by molar-refractivity contribution is 5.93. The first-order chi connectivity index (χ1) is 30.7. The molecule has 2 fully saturated rings. The normalized spacial score (nSPS) is 27.7. The zero-order valence-corrected chi connectivity index (χ0v) is 36.6. The monoisotopic (exact) mass is 929 g/mol. The standard InChI is InChI=1S/C38H63N11O16/c1-15(2)13-18(44-31(55)22(17-7-11-43-36(40)45-17)48-37(60)47-21(16(3)4)33(56)57)30(54)42-10-6-9-41-23(34(58)59)27(65-35-29(62-5)24(51)19(14-39)63-35)28-25(52)26(53)32(64-28)49-12-8-20(50)46-38(49)61/h8,12,15-19,21-29,32,35,41,51-53H,6-7,9-11,13-14,39H2,1-5H3,(H,42,54)(H,44,55)(H,56,57)(H,58,59)(H3,40,43,45)(H,46,50,61)(H2,47,48,60)/t17-,18-,19+,21-,22-,23-,24+,25-,26+,27-,28-,29+,32+,35-/m0/s1. The Hall–Kier alpha value is -5.26. The van der Waals surface area contributed by atoms with Crippen LogP contribution < -0.4 is 54.6 Å². The number of carboxylic acid groups (broad SMARTS) is 2. The van der Waals surface area contributed by atoms with Crippen molar-refractivity contribution in [2.75, 3.05) is 33.3 Å². The van der Waals surface area contributed by atoms with Gasteiger partial charge in [0.05, 0.1) is 6.04 Å². The van der Waals surface area contributed by atoms with E-state index in [1.165, 1.54) is 7.11 Å². The molecule has 0 spiro atoms. The lowest BCUT2D eigenvalue weighted by atomic mass is 9.98. The number of urea groups is 1. The molecule has 0 aromatic carbocycles. The number of nitrogens with two attached hydrogens (primary N) is 2. The first kappa shape index (κ1) is 52.4. The number of ether oxygens (including phenoxy) is 4. The number of aliphatic hydroxyl groups is 3. The Morgan fingerprint density at radius 3 is 2.23 bits per heavy atom. The van der Waals surface area contributed by atoms with Gasteiger partial charge in [-0.2, -0.15) is 0 Å². The molecule has 0 bridgehead atoms. The number of carboxylic acids is 2. The number of rotatable bonds is 23. The Balaban J connectivity index is 1.48. The molecule has 366 valence electrons. The van der Waals surface area contributed by atoms with E-state index in [2.05, 4.69) is 36.9 Å². The van der Waals surface area contributed by atoms with E-state index >= 15 is 0 Å². The van der Waals surface area contributed by atoms with E-state index in [0.717, 1.165) is 16.8 Å². The number of nitrogens with zero attached hydrogens (tertiary/aromatic N) is 2. The molecule has 14 atom stereocenters. The smallest absolute Gasteiger partial charge is 0.330 e. The summed E-state index contributed by atoms with van der Waals surface area (Å²) in [6, 6.07) is -6.40. The number of amides is 4. The van der Waals surface area contributed by atoms with Crippen LogP contribution in [0.25, 0.3) is 0 Å². The second-order valence-corrected chi connectivity index (χ2v) is 16.6. The highest BCUT2D eigenvalue weighted by Gasteiger charge is 2.54. The van der Waals surface area contributed by atoms with Gasteiger partial charge in [0.1, 0.15) is 66.9 Å². The van der Waals surface area contributed by atoms with Gasteiger partial charge in [-0.05, 0) is 37.6 Å². The third-order valence-electron chi connectivity index (χ3n) is 11.0.